The molecule has 0 heterocycles. The number of hydrogen-bond donors (Lipinski definition) is 0. The molecule has 4 nitrogen and oxygen atoms in total. The largest absolute Gasteiger partial charge is 0.457 e. The maximum absolute atomic E-state index is 11.1. The van der Waals surface area contributed by atoms with Crippen LogP contribution in [0.1, 0.15) is 13.8 Å². The van der Waals surface area contributed by atoms with Gasteiger partial charge in [0.2, 0.25) is 0 Å². The first-order chi connectivity index (χ1) is 6.00. The summed E-state index contributed by atoms with van der Waals surface area (Å²) >= 11 is 4.42. The minimum atomic E-state index is -1.96. The molecule has 0 spiro atoms. The summed E-state index contributed by atoms with van der Waals surface area (Å²) in [6.45, 7) is 2.35. The van der Waals surface area contributed by atoms with Crippen LogP contribution in [0, 0.1) is 0 Å². The van der Waals surface area contributed by atoms with Gasteiger partial charge < -0.3 is 4.74 Å². The summed E-state index contributed by atoms with van der Waals surface area (Å²) in [7, 11) is -1.96. The number of hydrogen-bond acceptors (Lipinski definition) is 5. The van der Waals surface area contributed by atoms with Crippen LogP contribution in [0.2, 0.25) is 0 Å². The summed E-state index contributed by atoms with van der Waals surface area (Å²) in [6, 6.07) is 0. The van der Waals surface area contributed by atoms with Crippen LogP contribution in [-0.4, -0.2) is 28.7 Å². The summed E-state index contributed by atoms with van der Waals surface area (Å²) < 4.78 is 4.56. The summed E-state index contributed by atoms with van der Waals surface area (Å²) in [4.78, 5) is 32.8. The summed E-state index contributed by atoms with van der Waals surface area (Å²) in [5.74, 6) is 0. The zero-order valence-electron chi connectivity index (χ0n) is 7.27. The first kappa shape index (κ1) is 12.3. The second-order valence-corrected chi connectivity index (χ2v) is 4.75. The summed E-state index contributed by atoms with van der Waals surface area (Å²) in [5, 5.41) is 1.21. The van der Waals surface area contributed by atoms with Gasteiger partial charge in [-0.15, -0.1) is 0 Å². The molecule has 0 N–H and O–H groups in total. The predicted octanol–water partition coefficient (Wildman–Crippen LogP) is 1.70. The van der Waals surface area contributed by atoms with Crippen molar-refractivity contribution in [2.45, 2.75) is 13.8 Å². The van der Waals surface area contributed by atoms with Gasteiger partial charge in [0.25, 0.3) is 0 Å². The molecule has 0 bridgehead atoms. The number of ether oxygens (including phenoxy) is 1. The Morgan fingerprint density at radius 1 is 1.31 bits per heavy atom. The van der Waals surface area contributed by atoms with Crippen molar-refractivity contribution in [1.29, 1.82) is 0 Å². The Balaban J connectivity index is 4.38. The van der Waals surface area contributed by atoms with Crippen LogP contribution < -0.4 is 0 Å². The molecule has 0 amide bonds. The quantitative estimate of drug-likeness (QED) is 0.521. The molecule has 72 valence electrons. The molecule has 13 heavy (non-hydrogen) atoms. The maximum atomic E-state index is 11.1. The van der Waals surface area contributed by atoms with Gasteiger partial charge in [0.15, 0.2) is 11.0 Å². The van der Waals surface area contributed by atoms with E-state index >= 15 is 0 Å². The first-order valence-electron chi connectivity index (χ1n) is 3.42. The lowest BCUT2D eigenvalue weighted by molar-refractivity contribution is -0.112. The molecule has 0 radical (unpaired) electrons. The smallest absolute Gasteiger partial charge is 0.341 e. The Bertz CT molecular complexity index is 237. The first-order valence-corrected chi connectivity index (χ1v) is 5.23. The third kappa shape index (κ3) is 4.20. The van der Waals surface area contributed by atoms with E-state index in [-0.39, 0.29) is 6.61 Å². The van der Waals surface area contributed by atoms with Crippen LogP contribution in [0.25, 0.3) is 0 Å². The predicted molar refractivity (Wildman–Crippen MR) is 53.3 cm³/mol. The van der Waals surface area contributed by atoms with E-state index in [1.807, 2.05) is 0 Å². The van der Waals surface area contributed by atoms with Gasteiger partial charge in [0, 0.05) is 5.37 Å². The number of rotatable bonds is 5. The Kier molecular flexibility index (Phi) is 5.58. The van der Waals surface area contributed by atoms with E-state index in [4.69, 9.17) is 0 Å². The third-order valence-corrected chi connectivity index (χ3v) is 2.98. The van der Waals surface area contributed by atoms with Gasteiger partial charge in [0.05, 0.1) is 0 Å². The number of thiocarbonyl (C=S) groups is 1. The maximum Gasteiger partial charge on any atom is 0.341 e. The van der Waals surface area contributed by atoms with E-state index in [1.54, 1.807) is 0 Å². The molecule has 0 saturated heterocycles. The summed E-state index contributed by atoms with van der Waals surface area (Å²) in [5.41, 5.74) is -1.66. The van der Waals surface area contributed by atoms with Crippen LogP contribution in [0.4, 0.5) is 4.79 Å². The second-order valence-electron chi connectivity index (χ2n) is 2.12. The van der Waals surface area contributed by atoms with Crippen LogP contribution in [0.5, 0.6) is 0 Å². The van der Waals surface area contributed by atoms with E-state index in [9.17, 15) is 14.4 Å². The summed E-state index contributed by atoms with van der Waals surface area (Å²) in [6.07, 6.45) is 0. The van der Waals surface area contributed by atoms with E-state index in [0.717, 1.165) is 0 Å². The van der Waals surface area contributed by atoms with E-state index < -0.39 is 24.7 Å². The molecule has 0 saturated carbocycles. The minimum absolute atomic E-state index is 0.0481. The Hall–Kier alpha value is -0.670. The lowest BCUT2D eigenvalue weighted by atomic mass is 10.9. The fourth-order valence-electron chi connectivity index (χ4n) is 0.649. The molecule has 0 aromatic rings. The standard InChI is InChI=1S/C7H9O4PS/c1-5(8)12(6(2)9)7(10)11-3-4-13/h4H,3H2,1-2H3. The van der Waals surface area contributed by atoms with Gasteiger partial charge in [-0.2, -0.15) is 0 Å². The van der Waals surface area contributed by atoms with E-state index in [1.165, 1.54) is 19.2 Å². The highest BCUT2D eigenvalue weighted by atomic mass is 32.1. The monoisotopic (exact) mass is 220 g/mol. The number of carbonyl (C=O) groups is 3. The lowest BCUT2D eigenvalue weighted by Gasteiger charge is -2.07. The fraction of sp³-hybridized carbons (Fsp3) is 0.429. The van der Waals surface area contributed by atoms with Gasteiger partial charge in [-0.3, -0.25) is 9.59 Å². The molecule has 0 fully saturated rings. The van der Waals surface area contributed by atoms with Crippen molar-refractivity contribution < 1.29 is 19.1 Å². The molecule has 0 atom stereocenters. The zero-order valence-corrected chi connectivity index (χ0v) is 8.98. The van der Waals surface area contributed by atoms with Crippen LogP contribution in [-0.2, 0) is 14.3 Å². The molecule has 6 heteroatoms. The molecule has 0 rings (SSSR count). The second kappa shape index (κ2) is 5.89. The van der Waals surface area contributed by atoms with Crippen molar-refractivity contribution in [3.05, 3.63) is 0 Å². The van der Waals surface area contributed by atoms with Gasteiger partial charge in [0.1, 0.15) is 14.5 Å². The normalized spacial score (nSPS) is 9.46. The van der Waals surface area contributed by atoms with Gasteiger partial charge in [-0.05, 0) is 13.8 Å². The molecule has 0 aliphatic rings. The highest BCUT2D eigenvalue weighted by Gasteiger charge is 2.29. The average Bonchev–Trinajstić information content (AvgIpc) is 1.99. The molecule has 0 aliphatic heterocycles. The average molecular weight is 220 g/mol. The lowest BCUT2D eigenvalue weighted by Crippen LogP contribution is -2.10. The van der Waals surface area contributed by atoms with Crippen molar-refractivity contribution in [3.8, 4) is 0 Å². The Morgan fingerprint density at radius 2 is 1.77 bits per heavy atom. The van der Waals surface area contributed by atoms with Crippen molar-refractivity contribution in [2.75, 3.05) is 6.61 Å². The van der Waals surface area contributed by atoms with Crippen LogP contribution >= 0.6 is 20.1 Å². The van der Waals surface area contributed by atoms with Gasteiger partial charge >= 0.3 is 5.71 Å². The molecular weight excluding hydrogens is 211 g/mol. The van der Waals surface area contributed by atoms with Crippen molar-refractivity contribution in [1.82, 2.24) is 0 Å². The van der Waals surface area contributed by atoms with Crippen molar-refractivity contribution >= 4 is 42.3 Å². The molecule has 0 aromatic carbocycles. The number of carbonyl (C=O) groups excluding carboxylic acids is 3. The molecule has 0 unspecified atom stereocenters. The zero-order chi connectivity index (χ0) is 10.4. The van der Waals surface area contributed by atoms with Crippen LogP contribution in [0.3, 0.4) is 0 Å². The van der Waals surface area contributed by atoms with E-state index in [0.29, 0.717) is 0 Å². The van der Waals surface area contributed by atoms with Gasteiger partial charge in [-0.25, -0.2) is 4.79 Å². The van der Waals surface area contributed by atoms with E-state index in [2.05, 4.69) is 17.0 Å². The topological polar surface area (TPSA) is 60.4 Å². The van der Waals surface area contributed by atoms with Crippen molar-refractivity contribution in [3.63, 3.8) is 0 Å². The Morgan fingerprint density at radius 3 is 2.08 bits per heavy atom. The van der Waals surface area contributed by atoms with Gasteiger partial charge in [-0.1, -0.05) is 12.2 Å². The highest BCUT2D eigenvalue weighted by molar-refractivity contribution is 8.01. The highest BCUT2D eigenvalue weighted by Crippen LogP contribution is 2.39. The fourth-order valence-corrected chi connectivity index (χ4v) is 1.88. The van der Waals surface area contributed by atoms with Crippen LogP contribution in [0.15, 0.2) is 0 Å². The SMILES string of the molecule is CC(=O)P(C(C)=O)C(=O)OCC=S. The Labute approximate surface area is 82.4 Å². The molecule has 0 aromatic heterocycles. The minimum Gasteiger partial charge on any atom is -0.457 e. The van der Waals surface area contributed by atoms with Crippen molar-refractivity contribution in [2.24, 2.45) is 0 Å². The molecular formula is C7H9O4PS. The third-order valence-electron chi connectivity index (χ3n) is 1.09. The molecule has 0 aliphatic carbocycles.